The number of nitrogens with two attached hydrogens (primary N) is 2. The SMILES string of the molecule is N[C@@H](C=O)Cc1ccc(-c2cn(N)nn2)cc1. The number of carbonyl (C=O) groups is 1. The fourth-order valence-electron chi connectivity index (χ4n) is 1.54. The zero-order chi connectivity index (χ0) is 12.3. The predicted molar refractivity (Wildman–Crippen MR) is 63.4 cm³/mol. The van der Waals surface area contributed by atoms with Crippen molar-refractivity contribution in [1.82, 2.24) is 15.1 Å². The molecular weight excluding hydrogens is 218 g/mol. The van der Waals surface area contributed by atoms with Crippen LogP contribution in [0.1, 0.15) is 5.56 Å². The molecule has 17 heavy (non-hydrogen) atoms. The molecule has 2 rings (SSSR count). The van der Waals surface area contributed by atoms with Crippen molar-refractivity contribution in [2.75, 3.05) is 5.84 Å². The number of aldehydes is 1. The molecule has 6 heteroatoms. The van der Waals surface area contributed by atoms with Gasteiger partial charge in [-0.2, -0.15) is 4.79 Å². The van der Waals surface area contributed by atoms with E-state index in [1.807, 2.05) is 24.3 Å². The second-order valence-electron chi connectivity index (χ2n) is 3.78. The van der Waals surface area contributed by atoms with E-state index in [2.05, 4.69) is 10.3 Å². The Bertz CT molecular complexity index is 505. The van der Waals surface area contributed by atoms with Crippen LogP contribution in [-0.2, 0) is 11.2 Å². The van der Waals surface area contributed by atoms with E-state index in [9.17, 15) is 4.79 Å². The van der Waals surface area contributed by atoms with Gasteiger partial charge in [-0.15, -0.1) is 5.10 Å². The van der Waals surface area contributed by atoms with Crippen molar-refractivity contribution in [1.29, 1.82) is 0 Å². The Balaban J connectivity index is 2.15. The number of hydrogen-bond acceptors (Lipinski definition) is 5. The molecule has 0 spiro atoms. The van der Waals surface area contributed by atoms with Crippen molar-refractivity contribution < 1.29 is 4.79 Å². The molecule has 0 saturated heterocycles. The fraction of sp³-hybridized carbons (Fsp3) is 0.182. The Kier molecular flexibility index (Phi) is 3.15. The second-order valence-corrected chi connectivity index (χ2v) is 3.78. The topological polar surface area (TPSA) is 99.8 Å². The molecule has 1 heterocycles. The maximum absolute atomic E-state index is 10.4. The van der Waals surface area contributed by atoms with Gasteiger partial charge in [0.1, 0.15) is 12.0 Å². The smallest absolute Gasteiger partial charge is 0.137 e. The van der Waals surface area contributed by atoms with Crippen molar-refractivity contribution in [2.45, 2.75) is 12.5 Å². The standard InChI is InChI=1S/C11H13N5O/c12-10(7-17)5-8-1-3-9(4-2-8)11-6-16(13)15-14-11/h1-4,6-7,10H,5,12-13H2/t10-/m1/s1. The van der Waals surface area contributed by atoms with Gasteiger partial charge in [-0.3, -0.25) is 0 Å². The zero-order valence-corrected chi connectivity index (χ0v) is 9.15. The average molecular weight is 231 g/mol. The number of nitrogens with zero attached hydrogens (tertiary/aromatic N) is 3. The Morgan fingerprint density at radius 1 is 1.35 bits per heavy atom. The summed E-state index contributed by atoms with van der Waals surface area (Å²) in [5, 5.41) is 7.56. The molecule has 0 unspecified atom stereocenters. The molecule has 0 aliphatic rings. The van der Waals surface area contributed by atoms with Crippen LogP contribution in [0.25, 0.3) is 11.3 Å². The molecule has 1 atom stereocenters. The van der Waals surface area contributed by atoms with Crippen molar-refractivity contribution >= 4 is 6.29 Å². The largest absolute Gasteiger partial charge is 0.322 e. The minimum absolute atomic E-state index is 0.453. The first-order valence-electron chi connectivity index (χ1n) is 5.16. The van der Waals surface area contributed by atoms with Gasteiger partial charge in [0.25, 0.3) is 0 Å². The Labute approximate surface area is 98.2 Å². The van der Waals surface area contributed by atoms with Crippen LogP contribution in [0.15, 0.2) is 30.5 Å². The summed E-state index contributed by atoms with van der Waals surface area (Å²) >= 11 is 0. The summed E-state index contributed by atoms with van der Waals surface area (Å²) in [7, 11) is 0. The number of aromatic nitrogens is 3. The lowest BCUT2D eigenvalue weighted by Gasteiger charge is -2.04. The van der Waals surface area contributed by atoms with E-state index in [0.717, 1.165) is 22.2 Å². The van der Waals surface area contributed by atoms with E-state index in [-0.39, 0.29) is 0 Å². The van der Waals surface area contributed by atoms with Crippen molar-refractivity contribution in [3.05, 3.63) is 36.0 Å². The van der Waals surface area contributed by atoms with Crippen LogP contribution >= 0.6 is 0 Å². The molecule has 88 valence electrons. The fourth-order valence-corrected chi connectivity index (χ4v) is 1.54. The molecule has 0 radical (unpaired) electrons. The molecule has 4 N–H and O–H groups in total. The normalized spacial score (nSPS) is 12.3. The highest BCUT2D eigenvalue weighted by Crippen LogP contribution is 2.16. The van der Waals surface area contributed by atoms with Crippen LogP contribution in [0.4, 0.5) is 0 Å². The van der Waals surface area contributed by atoms with Crippen LogP contribution < -0.4 is 11.6 Å². The highest BCUT2D eigenvalue weighted by molar-refractivity contribution is 5.60. The van der Waals surface area contributed by atoms with Crippen molar-refractivity contribution in [3.8, 4) is 11.3 Å². The quantitative estimate of drug-likeness (QED) is 0.557. The zero-order valence-electron chi connectivity index (χ0n) is 9.15. The van der Waals surface area contributed by atoms with Gasteiger partial charge in [0.15, 0.2) is 0 Å². The Morgan fingerprint density at radius 2 is 2.06 bits per heavy atom. The molecule has 2 aromatic rings. The second kappa shape index (κ2) is 4.75. The number of benzene rings is 1. The summed E-state index contributed by atoms with van der Waals surface area (Å²) in [5.74, 6) is 5.42. The third-order valence-electron chi connectivity index (χ3n) is 2.41. The van der Waals surface area contributed by atoms with Gasteiger partial charge in [0.05, 0.1) is 12.2 Å². The molecule has 6 nitrogen and oxygen atoms in total. The minimum Gasteiger partial charge on any atom is -0.322 e. The summed E-state index contributed by atoms with van der Waals surface area (Å²) in [6, 6.07) is 7.17. The van der Waals surface area contributed by atoms with Crippen molar-refractivity contribution in [3.63, 3.8) is 0 Å². The molecule has 0 fully saturated rings. The lowest BCUT2D eigenvalue weighted by Crippen LogP contribution is -2.23. The first-order chi connectivity index (χ1) is 8.19. The highest BCUT2D eigenvalue weighted by Gasteiger charge is 2.05. The summed E-state index contributed by atoms with van der Waals surface area (Å²) in [6.07, 6.45) is 2.91. The van der Waals surface area contributed by atoms with Crippen molar-refractivity contribution in [2.24, 2.45) is 5.73 Å². The molecule has 0 bridgehead atoms. The number of nitrogen functional groups attached to an aromatic ring is 1. The van der Waals surface area contributed by atoms with Crippen LogP contribution in [0.3, 0.4) is 0 Å². The monoisotopic (exact) mass is 231 g/mol. The third kappa shape index (κ3) is 2.67. The van der Waals surface area contributed by atoms with E-state index in [4.69, 9.17) is 11.6 Å². The van der Waals surface area contributed by atoms with Crippen LogP contribution in [0.5, 0.6) is 0 Å². The van der Waals surface area contributed by atoms with Gasteiger partial charge in [0.2, 0.25) is 0 Å². The molecule has 0 aliphatic carbocycles. The third-order valence-corrected chi connectivity index (χ3v) is 2.41. The molecule has 1 aromatic heterocycles. The Morgan fingerprint density at radius 3 is 2.59 bits per heavy atom. The van der Waals surface area contributed by atoms with Gasteiger partial charge in [-0.1, -0.05) is 24.3 Å². The van der Waals surface area contributed by atoms with Crippen LogP contribution in [-0.4, -0.2) is 27.4 Å². The van der Waals surface area contributed by atoms with E-state index in [0.29, 0.717) is 12.1 Å². The summed E-state index contributed by atoms with van der Waals surface area (Å²) < 4.78 is 0. The summed E-state index contributed by atoms with van der Waals surface area (Å²) in [6.45, 7) is 0. The van der Waals surface area contributed by atoms with Gasteiger partial charge in [-0.25, -0.2) is 0 Å². The number of hydrogen-bond donors (Lipinski definition) is 2. The molecule has 0 amide bonds. The predicted octanol–water partition coefficient (Wildman–Crippen LogP) is -0.272. The Hall–Kier alpha value is -2.21. The maximum atomic E-state index is 10.4. The average Bonchev–Trinajstić information content (AvgIpc) is 2.77. The summed E-state index contributed by atoms with van der Waals surface area (Å²) in [5.41, 5.74) is 8.18. The first-order valence-corrected chi connectivity index (χ1v) is 5.16. The molecule has 0 aliphatic heterocycles. The van der Waals surface area contributed by atoms with E-state index < -0.39 is 6.04 Å². The molecule has 1 aromatic carbocycles. The van der Waals surface area contributed by atoms with Gasteiger partial charge in [-0.05, 0) is 17.2 Å². The van der Waals surface area contributed by atoms with Crippen LogP contribution in [0, 0.1) is 0 Å². The van der Waals surface area contributed by atoms with E-state index in [1.165, 1.54) is 0 Å². The van der Waals surface area contributed by atoms with Gasteiger partial charge in [0, 0.05) is 5.56 Å². The molecular formula is C11H13N5O. The van der Waals surface area contributed by atoms with E-state index >= 15 is 0 Å². The highest BCUT2D eigenvalue weighted by atomic mass is 16.1. The van der Waals surface area contributed by atoms with Crippen LogP contribution in [0.2, 0.25) is 0 Å². The lowest BCUT2D eigenvalue weighted by atomic mass is 10.0. The number of rotatable bonds is 4. The van der Waals surface area contributed by atoms with Gasteiger partial charge >= 0.3 is 0 Å². The lowest BCUT2D eigenvalue weighted by molar-refractivity contribution is -0.108. The minimum atomic E-state index is -0.453. The van der Waals surface area contributed by atoms with E-state index in [1.54, 1.807) is 6.20 Å². The van der Waals surface area contributed by atoms with Gasteiger partial charge < -0.3 is 16.4 Å². The summed E-state index contributed by atoms with van der Waals surface area (Å²) in [4.78, 5) is 11.6. The maximum Gasteiger partial charge on any atom is 0.137 e. The molecule has 0 saturated carbocycles. The number of carbonyl (C=O) groups excluding carboxylic acids is 1. The first kappa shape index (κ1) is 11.3.